The van der Waals surface area contributed by atoms with Crippen LogP contribution in [0.1, 0.15) is 41.0 Å². The van der Waals surface area contributed by atoms with Crippen LogP contribution in [0.25, 0.3) is 0 Å². The van der Waals surface area contributed by atoms with Crippen molar-refractivity contribution in [3.05, 3.63) is 22.6 Å². The van der Waals surface area contributed by atoms with Crippen LogP contribution in [0.3, 0.4) is 0 Å². The van der Waals surface area contributed by atoms with E-state index in [1.54, 1.807) is 12.3 Å². The molecule has 0 amide bonds. The molecule has 1 aromatic heterocycles. The SMILES string of the molecule is CC(C)CNc1cnn(CCC(C)(C)C)c(=O)c1. The molecule has 0 saturated heterocycles. The molecule has 4 heteroatoms. The molecule has 0 bridgehead atoms. The van der Waals surface area contributed by atoms with Crippen LogP contribution in [0.2, 0.25) is 0 Å². The number of aryl methyl sites for hydroxylation is 1. The minimum absolute atomic E-state index is 0.0343. The topological polar surface area (TPSA) is 46.9 Å². The van der Waals surface area contributed by atoms with Gasteiger partial charge in [0.15, 0.2) is 0 Å². The minimum Gasteiger partial charge on any atom is -0.383 e. The van der Waals surface area contributed by atoms with Crippen molar-refractivity contribution in [1.82, 2.24) is 9.78 Å². The molecule has 0 unspecified atom stereocenters. The molecule has 1 aromatic rings. The van der Waals surface area contributed by atoms with Crippen molar-refractivity contribution >= 4 is 5.69 Å². The van der Waals surface area contributed by atoms with Gasteiger partial charge in [-0.05, 0) is 17.8 Å². The average Bonchev–Trinajstić information content (AvgIpc) is 2.23. The number of aromatic nitrogens is 2. The Morgan fingerprint density at radius 3 is 2.56 bits per heavy atom. The maximum Gasteiger partial charge on any atom is 0.268 e. The third kappa shape index (κ3) is 5.34. The van der Waals surface area contributed by atoms with Gasteiger partial charge in [0.1, 0.15) is 0 Å². The molecule has 0 fully saturated rings. The highest BCUT2D eigenvalue weighted by molar-refractivity contribution is 5.38. The molecule has 1 N–H and O–H groups in total. The number of anilines is 1. The molecule has 0 radical (unpaired) electrons. The third-order valence-corrected chi connectivity index (χ3v) is 2.66. The van der Waals surface area contributed by atoms with Crippen molar-refractivity contribution in [3.63, 3.8) is 0 Å². The fourth-order valence-electron chi connectivity index (χ4n) is 1.46. The third-order valence-electron chi connectivity index (χ3n) is 2.66. The summed E-state index contributed by atoms with van der Waals surface area (Å²) in [6.07, 6.45) is 2.67. The Balaban J connectivity index is 2.65. The first kappa shape index (κ1) is 14.7. The van der Waals surface area contributed by atoms with Crippen LogP contribution in [0.4, 0.5) is 5.69 Å². The van der Waals surface area contributed by atoms with Gasteiger partial charge in [-0.1, -0.05) is 34.6 Å². The van der Waals surface area contributed by atoms with Crippen molar-refractivity contribution in [2.75, 3.05) is 11.9 Å². The highest BCUT2D eigenvalue weighted by atomic mass is 16.1. The predicted molar refractivity (Wildman–Crippen MR) is 75.9 cm³/mol. The van der Waals surface area contributed by atoms with Crippen molar-refractivity contribution in [3.8, 4) is 0 Å². The summed E-state index contributed by atoms with van der Waals surface area (Å²) in [5, 5.41) is 7.41. The number of nitrogens with one attached hydrogen (secondary N) is 1. The van der Waals surface area contributed by atoms with Crippen LogP contribution in [-0.4, -0.2) is 16.3 Å². The lowest BCUT2D eigenvalue weighted by molar-refractivity contribution is 0.336. The molecule has 0 atom stereocenters. The molecule has 102 valence electrons. The fraction of sp³-hybridized carbons (Fsp3) is 0.714. The zero-order valence-corrected chi connectivity index (χ0v) is 12.2. The van der Waals surface area contributed by atoms with E-state index in [0.717, 1.165) is 18.7 Å². The predicted octanol–water partition coefficient (Wildman–Crippen LogP) is 2.75. The van der Waals surface area contributed by atoms with Crippen LogP contribution in [-0.2, 0) is 6.54 Å². The summed E-state index contributed by atoms with van der Waals surface area (Å²) in [7, 11) is 0. The van der Waals surface area contributed by atoms with Crippen molar-refractivity contribution in [2.24, 2.45) is 11.3 Å². The quantitative estimate of drug-likeness (QED) is 0.875. The molecule has 0 spiro atoms. The number of hydrogen-bond acceptors (Lipinski definition) is 3. The van der Waals surface area contributed by atoms with Crippen molar-refractivity contribution in [1.29, 1.82) is 0 Å². The van der Waals surface area contributed by atoms with E-state index in [1.165, 1.54) is 4.68 Å². The van der Waals surface area contributed by atoms with E-state index in [0.29, 0.717) is 12.5 Å². The number of hydrogen-bond donors (Lipinski definition) is 1. The van der Waals surface area contributed by atoms with Crippen molar-refractivity contribution in [2.45, 2.75) is 47.6 Å². The second-order valence-electron chi connectivity index (χ2n) is 6.39. The lowest BCUT2D eigenvalue weighted by atomic mass is 9.92. The zero-order valence-electron chi connectivity index (χ0n) is 12.2. The molecule has 1 rings (SSSR count). The van der Waals surface area contributed by atoms with Gasteiger partial charge in [-0.2, -0.15) is 5.10 Å². The molecule has 18 heavy (non-hydrogen) atoms. The van der Waals surface area contributed by atoms with E-state index in [9.17, 15) is 4.79 Å². The Morgan fingerprint density at radius 1 is 1.39 bits per heavy atom. The number of rotatable bonds is 5. The van der Waals surface area contributed by atoms with Crippen LogP contribution < -0.4 is 10.9 Å². The Bertz CT molecular complexity index is 429. The second kappa shape index (κ2) is 6.03. The van der Waals surface area contributed by atoms with Crippen LogP contribution >= 0.6 is 0 Å². The summed E-state index contributed by atoms with van der Waals surface area (Å²) in [6.45, 7) is 12.3. The largest absolute Gasteiger partial charge is 0.383 e. The number of nitrogens with zero attached hydrogens (tertiary/aromatic N) is 2. The first-order valence-corrected chi connectivity index (χ1v) is 6.59. The molecular formula is C14H25N3O. The molecule has 1 heterocycles. The van der Waals surface area contributed by atoms with E-state index < -0.39 is 0 Å². The van der Waals surface area contributed by atoms with Gasteiger partial charge in [-0.15, -0.1) is 0 Å². The van der Waals surface area contributed by atoms with Gasteiger partial charge in [0.25, 0.3) is 5.56 Å². The molecule has 0 aliphatic carbocycles. The maximum atomic E-state index is 11.9. The van der Waals surface area contributed by atoms with Crippen molar-refractivity contribution < 1.29 is 0 Å². The zero-order chi connectivity index (χ0) is 13.8. The highest BCUT2D eigenvalue weighted by Gasteiger charge is 2.11. The van der Waals surface area contributed by atoms with Crippen LogP contribution in [0, 0.1) is 11.3 Å². The summed E-state index contributed by atoms with van der Waals surface area (Å²) < 4.78 is 1.53. The smallest absolute Gasteiger partial charge is 0.268 e. The Labute approximate surface area is 109 Å². The van der Waals surface area contributed by atoms with Gasteiger partial charge in [-0.3, -0.25) is 4.79 Å². The van der Waals surface area contributed by atoms with Gasteiger partial charge in [0, 0.05) is 19.2 Å². The molecule has 0 aliphatic rings. The first-order valence-electron chi connectivity index (χ1n) is 6.59. The standard InChI is InChI=1S/C14H25N3O/c1-11(2)9-15-12-8-13(18)17(16-10-12)7-6-14(3,4)5/h8,10-11,15H,6-7,9H2,1-5H3. The highest BCUT2D eigenvalue weighted by Crippen LogP contribution is 2.18. The Kier molecular flexibility index (Phi) is 4.93. The normalized spacial score (nSPS) is 11.9. The molecule has 0 saturated carbocycles. The first-order chi connectivity index (χ1) is 8.28. The minimum atomic E-state index is -0.0343. The monoisotopic (exact) mass is 251 g/mol. The van der Waals surface area contributed by atoms with Gasteiger partial charge < -0.3 is 5.32 Å². The second-order valence-corrected chi connectivity index (χ2v) is 6.39. The summed E-state index contributed by atoms with van der Waals surface area (Å²) in [4.78, 5) is 11.9. The Hall–Kier alpha value is -1.32. The van der Waals surface area contributed by atoms with E-state index in [4.69, 9.17) is 0 Å². The van der Waals surface area contributed by atoms with E-state index in [2.05, 4.69) is 45.0 Å². The van der Waals surface area contributed by atoms with Gasteiger partial charge in [0.2, 0.25) is 0 Å². The molecule has 0 aromatic carbocycles. The molecule has 4 nitrogen and oxygen atoms in total. The molecule has 0 aliphatic heterocycles. The Morgan fingerprint density at radius 2 is 2.06 bits per heavy atom. The lowest BCUT2D eigenvalue weighted by Crippen LogP contribution is -2.25. The maximum absolute atomic E-state index is 11.9. The lowest BCUT2D eigenvalue weighted by Gasteiger charge is -2.18. The van der Waals surface area contributed by atoms with E-state index >= 15 is 0 Å². The van der Waals surface area contributed by atoms with Gasteiger partial charge in [-0.25, -0.2) is 4.68 Å². The van der Waals surface area contributed by atoms with Gasteiger partial charge in [0.05, 0.1) is 11.9 Å². The summed E-state index contributed by atoms with van der Waals surface area (Å²) >= 11 is 0. The summed E-state index contributed by atoms with van der Waals surface area (Å²) in [5.74, 6) is 0.549. The summed E-state index contributed by atoms with van der Waals surface area (Å²) in [6, 6.07) is 1.62. The van der Waals surface area contributed by atoms with E-state index in [-0.39, 0.29) is 11.0 Å². The summed E-state index contributed by atoms with van der Waals surface area (Å²) in [5.41, 5.74) is 0.990. The van der Waals surface area contributed by atoms with Gasteiger partial charge >= 0.3 is 0 Å². The fourth-order valence-corrected chi connectivity index (χ4v) is 1.46. The van der Waals surface area contributed by atoms with E-state index in [1.807, 2.05) is 0 Å². The molecular weight excluding hydrogens is 226 g/mol. The van der Waals surface area contributed by atoms with Crippen LogP contribution in [0.15, 0.2) is 17.1 Å². The van der Waals surface area contributed by atoms with Crippen LogP contribution in [0.5, 0.6) is 0 Å². The average molecular weight is 251 g/mol.